The van der Waals surface area contributed by atoms with Crippen molar-refractivity contribution in [2.24, 2.45) is 5.92 Å². The van der Waals surface area contributed by atoms with Crippen molar-refractivity contribution in [2.75, 3.05) is 6.54 Å². The quantitative estimate of drug-likeness (QED) is 0.831. The van der Waals surface area contributed by atoms with Crippen LogP contribution in [0.2, 0.25) is 0 Å². The molecule has 106 valence electrons. The molecule has 0 heterocycles. The maximum Gasteiger partial charge on any atom is 0.236 e. The molecule has 1 aromatic rings. The van der Waals surface area contributed by atoms with Crippen molar-refractivity contribution in [1.29, 1.82) is 0 Å². The van der Waals surface area contributed by atoms with Crippen molar-refractivity contribution in [1.82, 2.24) is 10.6 Å². The van der Waals surface area contributed by atoms with Crippen LogP contribution in [0.3, 0.4) is 0 Å². The fourth-order valence-electron chi connectivity index (χ4n) is 1.78. The van der Waals surface area contributed by atoms with Gasteiger partial charge in [0.15, 0.2) is 0 Å². The van der Waals surface area contributed by atoms with Crippen LogP contribution in [-0.4, -0.2) is 18.5 Å². The summed E-state index contributed by atoms with van der Waals surface area (Å²) in [5, 5.41) is 6.04. The van der Waals surface area contributed by atoms with Gasteiger partial charge in [-0.25, -0.2) is 4.39 Å². The van der Waals surface area contributed by atoms with Gasteiger partial charge in [0.25, 0.3) is 0 Å². The molecular formula is C15H23FN2O. The normalized spacial score (nSPS) is 14.2. The molecule has 0 spiro atoms. The number of rotatable bonds is 6. The number of hydrogen-bond acceptors (Lipinski definition) is 2. The maximum absolute atomic E-state index is 13.1. The summed E-state index contributed by atoms with van der Waals surface area (Å²) in [6.07, 6.45) is 0. The third-order valence-corrected chi connectivity index (χ3v) is 2.93. The Morgan fingerprint density at radius 2 is 1.95 bits per heavy atom. The highest BCUT2D eigenvalue weighted by atomic mass is 19.1. The Morgan fingerprint density at radius 1 is 1.26 bits per heavy atom. The highest BCUT2D eigenvalue weighted by molar-refractivity contribution is 5.81. The van der Waals surface area contributed by atoms with Gasteiger partial charge in [-0.15, -0.1) is 0 Å². The predicted octanol–water partition coefficient (Wildman–Crippen LogP) is 2.64. The highest BCUT2D eigenvalue weighted by Gasteiger charge is 2.16. The van der Waals surface area contributed by atoms with Crippen molar-refractivity contribution in [3.8, 4) is 0 Å². The molecule has 0 radical (unpaired) electrons. The lowest BCUT2D eigenvalue weighted by molar-refractivity contribution is -0.123. The fourth-order valence-corrected chi connectivity index (χ4v) is 1.78. The van der Waals surface area contributed by atoms with Gasteiger partial charge in [0.1, 0.15) is 5.82 Å². The molecule has 1 unspecified atom stereocenters. The minimum Gasteiger partial charge on any atom is -0.354 e. The molecule has 0 aliphatic rings. The minimum absolute atomic E-state index is 0.0306. The molecule has 1 amide bonds. The summed E-state index contributed by atoms with van der Waals surface area (Å²) < 4.78 is 13.1. The van der Waals surface area contributed by atoms with Crippen LogP contribution in [0.15, 0.2) is 24.3 Å². The summed E-state index contributed by atoms with van der Waals surface area (Å²) in [5.74, 6) is 0.136. The number of benzene rings is 1. The summed E-state index contributed by atoms with van der Waals surface area (Å²) in [5.41, 5.74) is 0.837. The lowest BCUT2D eigenvalue weighted by Gasteiger charge is -2.20. The summed E-state index contributed by atoms with van der Waals surface area (Å²) in [4.78, 5) is 11.8. The van der Waals surface area contributed by atoms with Crippen LogP contribution < -0.4 is 10.6 Å². The number of carbonyl (C=O) groups excluding carboxylic acids is 1. The first-order chi connectivity index (χ1) is 8.90. The van der Waals surface area contributed by atoms with Crippen molar-refractivity contribution in [3.05, 3.63) is 35.6 Å². The first kappa shape index (κ1) is 15.6. The molecule has 1 aromatic carbocycles. The molecule has 19 heavy (non-hydrogen) atoms. The standard InChI is InChI=1S/C15H23FN2O/c1-10(2)9-17-15(19)12(4)18-11(3)13-6-5-7-14(16)8-13/h5-8,10-12,18H,9H2,1-4H3,(H,17,19)/t11-,12?/m1/s1. The van der Waals surface area contributed by atoms with Crippen LogP contribution >= 0.6 is 0 Å². The van der Waals surface area contributed by atoms with Crippen LogP contribution in [0.5, 0.6) is 0 Å². The Labute approximate surface area is 114 Å². The molecule has 0 saturated carbocycles. The average Bonchev–Trinajstić information content (AvgIpc) is 2.35. The summed E-state index contributed by atoms with van der Waals surface area (Å²) in [6.45, 7) is 8.49. The molecule has 0 saturated heterocycles. The van der Waals surface area contributed by atoms with Crippen molar-refractivity contribution >= 4 is 5.91 Å². The van der Waals surface area contributed by atoms with E-state index in [4.69, 9.17) is 0 Å². The molecule has 0 bridgehead atoms. The predicted molar refractivity (Wildman–Crippen MR) is 75.3 cm³/mol. The molecule has 1 rings (SSSR count). The molecule has 0 aliphatic heterocycles. The van der Waals surface area contributed by atoms with Crippen LogP contribution in [0.1, 0.15) is 39.3 Å². The molecule has 3 nitrogen and oxygen atoms in total. The van der Waals surface area contributed by atoms with E-state index in [2.05, 4.69) is 10.6 Å². The monoisotopic (exact) mass is 266 g/mol. The SMILES string of the molecule is CC(C)CNC(=O)C(C)N[C@H](C)c1cccc(F)c1. The third kappa shape index (κ3) is 5.39. The lowest BCUT2D eigenvalue weighted by Crippen LogP contribution is -2.44. The average molecular weight is 266 g/mol. The summed E-state index contributed by atoms with van der Waals surface area (Å²) >= 11 is 0. The summed E-state index contributed by atoms with van der Waals surface area (Å²) in [7, 11) is 0. The van der Waals surface area contributed by atoms with Gasteiger partial charge in [0, 0.05) is 12.6 Å². The smallest absolute Gasteiger partial charge is 0.236 e. The molecule has 4 heteroatoms. The van der Waals surface area contributed by atoms with E-state index >= 15 is 0 Å². The van der Waals surface area contributed by atoms with E-state index in [1.807, 2.05) is 33.8 Å². The van der Waals surface area contributed by atoms with Gasteiger partial charge in [-0.2, -0.15) is 0 Å². The number of amides is 1. The van der Waals surface area contributed by atoms with E-state index < -0.39 is 0 Å². The minimum atomic E-state index is -0.308. The van der Waals surface area contributed by atoms with E-state index in [1.54, 1.807) is 6.07 Å². The van der Waals surface area contributed by atoms with Crippen LogP contribution in [0.25, 0.3) is 0 Å². The van der Waals surface area contributed by atoms with Gasteiger partial charge in [-0.1, -0.05) is 26.0 Å². The van der Waals surface area contributed by atoms with Crippen molar-refractivity contribution < 1.29 is 9.18 Å². The van der Waals surface area contributed by atoms with Crippen LogP contribution in [0, 0.1) is 11.7 Å². The first-order valence-corrected chi connectivity index (χ1v) is 6.69. The largest absolute Gasteiger partial charge is 0.354 e. The van der Waals surface area contributed by atoms with E-state index in [9.17, 15) is 9.18 Å². The number of nitrogens with one attached hydrogen (secondary N) is 2. The topological polar surface area (TPSA) is 41.1 Å². The Bertz CT molecular complexity index is 420. The van der Waals surface area contributed by atoms with Gasteiger partial charge in [-0.3, -0.25) is 10.1 Å². The Hall–Kier alpha value is -1.42. The maximum atomic E-state index is 13.1. The van der Waals surface area contributed by atoms with Gasteiger partial charge < -0.3 is 5.32 Å². The fraction of sp³-hybridized carbons (Fsp3) is 0.533. The van der Waals surface area contributed by atoms with Crippen LogP contribution in [-0.2, 0) is 4.79 Å². The van der Waals surface area contributed by atoms with Crippen LogP contribution in [0.4, 0.5) is 4.39 Å². The van der Waals surface area contributed by atoms with Gasteiger partial charge in [-0.05, 0) is 37.5 Å². The zero-order chi connectivity index (χ0) is 14.4. The number of halogens is 1. The van der Waals surface area contributed by atoms with E-state index in [0.717, 1.165) is 5.56 Å². The van der Waals surface area contributed by atoms with E-state index in [0.29, 0.717) is 12.5 Å². The highest BCUT2D eigenvalue weighted by Crippen LogP contribution is 2.14. The van der Waals surface area contributed by atoms with Gasteiger partial charge in [0.2, 0.25) is 5.91 Å². The molecule has 0 aromatic heterocycles. The summed E-state index contributed by atoms with van der Waals surface area (Å²) in [6, 6.07) is 6.03. The molecule has 2 atom stereocenters. The molecular weight excluding hydrogens is 243 g/mol. The Morgan fingerprint density at radius 3 is 2.53 bits per heavy atom. The zero-order valence-corrected chi connectivity index (χ0v) is 12.0. The second kappa shape index (κ2) is 7.24. The lowest BCUT2D eigenvalue weighted by atomic mass is 10.1. The first-order valence-electron chi connectivity index (χ1n) is 6.69. The molecule has 0 fully saturated rings. The second-order valence-corrected chi connectivity index (χ2v) is 5.30. The van der Waals surface area contributed by atoms with E-state index in [-0.39, 0.29) is 23.8 Å². The molecule has 2 N–H and O–H groups in total. The van der Waals surface area contributed by atoms with Crippen molar-refractivity contribution in [3.63, 3.8) is 0 Å². The Balaban J connectivity index is 2.51. The second-order valence-electron chi connectivity index (χ2n) is 5.30. The zero-order valence-electron chi connectivity index (χ0n) is 12.0. The van der Waals surface area contributed by atoms with Crippen molar-refractivity contribution in [2.45, 2.75) is 39.8 Å². The third-order valence-electron chi connectivity index (χ3n) is 2.93. The van der Waals surface area contributed by atoms with E-state index in [1.165, 1.54) is 12.1 Å². The van der Waals surface area contributed by atoms with Gasteiger partial charge >= 0.3 is 0 Å². The van der Waals surface area contributed by atoms with Gasteiger partial charge in [0.05, 0.1) is 6.04 Å². The number of hydrogen-bond donors (Lipinski definition) is 2. The molecule has 0 aliphatic carbocycles. The number of carbonyl (C=O) groups is 1. The Kier molecular flexibility index (Phi) is 5.96.